The highest BCUT2D eigenvalue weighted by atomic mass is 32.1. The number of hydrogen-bond acceptors (Lipinski definition) is 2. The van der Waals surface area contributed by atoms with Gasteiger partial charge in [0.15, 0.2) is 0 Å². The first-order chi connectivity index (χ1) is 7.99. The quantitative estimate of drug-likeness (QED) is 0.868. The van der Waals surface area contributed by atoms with E-state index < -0.39 is 5.97 Å². The van der Waals surface area contributed by atoms with E-state index in [1.54, 1.807) is 6.07 Å². The second-order valence-corrected chi connectivity index (χ2v) is 5.30. The fourth-order valence-electron chi connectivity index (χ4n) is 1.92. The molecule has 0 saturated carbocycles. The summed E-state index contributed by atoms with van der Waals surface area (Å²) in [6.07, 6.45) is 0. The molecule has 1 aromatic heterocycles. The summed E-state index contributed by atoms with van der Waals surface area (Å²) in [5.74, 6) is -0.853. The molecule has 2 rings (SSSR count). The van der Waals surface area contributed by atoms with Gasteiger partial charge < -0.3 is 5.11 Å². The summed E-state index contributed by atoms with van der Waals surface area (Å²) in [7, 11) is 0. The van der Waals surface area contributed by atoms with Gasteiger partial charge in [-0.3, -0.25) is 0 Å². The van der Waals surface area contributed by atoms with Gasteiger partial charge in [-0.1, -0.05) is 23.8 Å². The summed E-state index contributed by atoms with van der Waals surface area (Å²) >= 11 is 1.34. The molecular weight excluding hydrogens is 232 g/mol. The number of aromatic carboxylic acids is 1. The Balaban J connectivity index is 2.56. The summed E-state index contributed by atoms with van der Waals surface area (Å²) in [6.45, 7) is 6.07. The standard InChI is InChI=1S/C14H14O2S/c1-8-4-5-11(9(2)6-8)13-10(3)7-12(17-13)14(15)16/h4-7H,1-3H3,(H,15,16). The maximum Gasteiger partial charge on any atom is 0.345 e. The van der Waals surface area contributed by atoms with Gasteiger partial charge >= 0.3 is 5.97 Å². The maximum atomic E-state index is 10.9. The average molecular weight is 246 g/mol. The van der Waals surface area contributed by atoms with Gasteiger partial charge in [0, 0.05) is 4.88 Å². The summed E-state index contributed by atoms with van der Waals surface area (Å²) in [6, 6.07) is 7.98. The first-order valence-electron chi connectivity index (χ1n) is 5.40. The number of carboxylic acids is 1. The van der Waals surface area contributed by atoms with Crippen LogP contribution in [-0.2, 0) is 0 Å². The molecule has 0 aliphatic heterocycles. The largest absolute Gasteiger partial charge is 0.477 e. The lowest BCUT2D eigenvalue weighted by molar-refractivity contribution is 0.0702. The van der Waals surface area contributed by atoms with Gasteiger partial charge in [-0.2, -0.15) is 0 Å². The lowest BCUT2D eigenvalue weighted by Gasteiger charge is -2.05. The van der Waals surface area contributed by atoms with Crippen LogP contribution in [0.2, 0.25) is 0 Å². The van der Waals surface area contributed by atoms with E-state index in [0.29, 0.717) is 4.88 Å². The van der Waals surface area contributed by atoms with Gasteiger partial charge in [-0.15, -0.1) is 11.3 Å². The first-order valence-corrected chi connectivity index (χ1v) is 6.22. The minimum absolute atomic E-state index is 0.400. The number of aryl methyl sites for hydroxylation is 3. The highest BCUT2D eigenvalue weighted by Gasteiger charge is 2.13. The number of benzene rings is 1. The smallest absolute Gasteiger partial charge is 0.345 e. The van der Waals surface area contributed by atoms with Crippen molar-refractivity contribution in [3.05, 3.63) is 45.8 Å². The molecule has 1 heterocycles. The van der Waals surface area contributed by atoms with Crippen molar-refractivity contribution in [2.24, 2.45) is 0 Å². The average Bonchev–Trinajstić information content (AvgIpc) is 2.61. The van der Waals surface area contributed by atoms with Gasteiger partial charge in [0.1, 0.15) is 4.88 Å². The highest BCUT2D eigenvalue weighted by Crippen LogP contribution is 2.34. The molecule has 0 aliphatic rings. The van der Waals surface area contributed by atoms with Crippen molar-refractivity contribution in [2.75, 3.05) is 0 Å². The lowest BCUT2D eigenvalue weighted by atomic mass is 10.0. The fraction of sp³-hybridized carbons (Fsp3) is 0.214. The Morgan fingerprint density at radius 3 is 2.35 bits per heavy atom. The highest BCUT2D eigenvalue weighted by molar-refractivity contribution is 7.17. The molecule has 0 bridgehead atoms. The molecule has 0 saturated heterocycles. The second-order valence-electron chi connectivity index (χ2n) is 4.25. The molecule has 2 aromatic rings. The van der Waals surface area contributed by atoms with Crippen molar-refractivity contribution in [1.29, 1.82) is 0 Å². The Kier molecular flexibility index (Phi) is 3.03. The van der Waals surface area contributed by atoms with E-state index in [-0.39, 0.29) is 0 Å². The van der Waals surface area contributed by atoms with Crippen LogP contribution in [0.1, 0.15) is 26.4 Å². The molecule has 0 atom stereocenters. The molecule has 88 valence electrons. The van der Waals surface area contributed by atoms with Crippen LogP contribution in [0.5, 0.6) is 0 Å². The lowest BCUT2D eigenvalue weighted by Crippen LogP contribution is -1.89. The predicted molar refractivity (Wildman–Crippen MR) is 70.9 cm³/mol. The molecular formula is C14H14O2S. The van der Waals surface area contributed by atoms with Crippen molar-refractivity contribution < 1.29 is 9.90 Å². The Morgan fingerprint density at radius 1 is 1.12 bits per heavy atom. The molecule has 3 heteroatoms. The predicted octanol–water partition coefficient (Wildman–Crippen LogP) is 4.04. The van der Waals surface area contributed by atoms with Gasteiger partial charge in [0.2, 0.25) is 0 Å². The normalized spacial score (nSPS) is 10.5. The number of carbonyl (C=O) groups is 1. The summed E-state index contributed by atoms with van der Waals surface area (Å²) in [5.41, 5.74) is 4.57. The van der Waals surface area contributed by atoms with Crippen LogP contribution >= 0.6 is 11.3 Å². The summed E-state index contributed by atoms with van der Waals surface area (Å²) < 4.78 is 0. The van der Waals surface area contributed by atoms with Crippen LogP contribution in [0.15, 0.2) is 24.3 Å². The van der Waals surface area contributed by atoms with E-state index in [9.17, 15) is 4.79 Å². The molecule has 0 radical (unpaired) electrons. The van der Waals surface area contributed by atoms with Gasteiger partial charge in [0.05, 0.1) is 0 Å². The van der Waals surface area contributed by atoms with Crippen molar-refractivity contribution in [2.45, 2.75) is 20.8 Å². The van der Waals surface area contributed by atoms with Gasteiger partial charge in [-0.05, 0) is 43.5 Å². The minimum Gasteiger partial charge on any atom is -0.477 e. The maximum absolute atomic E-state index is 10.9. The Hall–Kier alpha value is -1.61. The van der Waals surface area contributed by atoms with E-state index in [2.05, 4.69) is 32.0 Å². The number of thiophene rings is 1. The van der Waals surface area contributed by atoms with Gasteiger partial charge in [-0.25, -0.2) is 4.79 Å². The molecule has 1 N–H and O–H groups in total. The molecule has 0 fully saturated rings. The SMILES string of the molecule is Cc1ccc(-c2sc(C(=O)O)cc2C)c(C)c1. The third-order valence-corrected chi connectivity index (χ3v) is 4.01. The topological polar surface area (TPSA) is 37.3 Å². The van der Waals surface area contributed by atoms with Crippen molar-refractivity contribution in [3.8, 4) is 10.4 Å². The molecule has 0 spiro atoms. The Morgan fingerprint density at radius 2 is 1.82 bits per heavy atom. The third kappa shape index (κ3) is 2.24. The molecule has 2 nitrogen and oxygen atoms in total. The van der Waals surface area contributed by atoms with Crippen LogP contribution in [0.3, 0.4) is 0 Å². The van der Waals surface area contributed by atoms with E-state index >= 15 is 0 Å². The van der Waals surface area contributed by atoms with E-state index in [1.165, 1.54) is 22.5 Å². The van der Waals surface area contributed by atoms with E-state index in [0.717, 1.165) is 16.0 Å². The molecule has 0 aliphatic carbocycles. The number of rotatable bonds is 2. The van der Waals surface area contributed by atoms with Crippen molar-refractivity contribution in [3.63, 3.8) is 0 Å². The summed E-state index contributed by atoms with van der Waals surface area (Å²) in [5, 5.41) is 8.99. The van der Waals surface area contributed by atoms with Crippen LogP contribution in [0.4, 0.5) is 0 Å². The third-order valence-electron chi connectivity index (χ3n) is 2.76. The molecule has 0 amide bonds. The molecule has 17 heavy (non-hydrogen) atoms. The van der Waals surface area contributed by atoms with Crippen LogP contribution in [0.25, 0.3) is 10.4 Å². The zero-order chi connectivity index (χ0) is 12.6. The minimum atomic E-state index is -0.853. The molecule has 0 unspecified atom stereocenters. The fourth-order valence-corrected chi connectivity index (χ4v) is 3.03. The Labute approximate surface area is 105 Å². The van der Waals surface area contributed by atoms with Crippen molar-refractivity contribution >= 4 is 17.3 Å². The van der Waals surface area contributed by atoms with Crippen LogP contribution in [-0.4, -0.2) is 11.1 Å². The van der Waals surface area contributed by atoms with E-state index in [4.69, 9.17) is 5.11 Å². The first kappa shape index (κ1) is 11.9. The van der Waals surface area contributed by atoms with E-state index in [1.807, 2.05) is 6.92 Å². The summed E-state index contributed by atoms with van der Waals surface area (Å²) in [4.78, 5) is 12.4. The number of carboxylic acid groups (broad SMARTS) is 1. The Bertz CT molecular complexity index is 582. The van der Waals surface area contributed by atoms with Gasteiger partial charge in [0.25, 0.3) is 0 Å². The zero-order valence-electron chi connectivity index (χ0n) is 10.1. The second kappa shape index (κ2) is 4.34. The van der Waals surface area contributed by atoms with Crippen LogP contribution < -0.4 is 0 Å². The van der Waals surface area contributed by atoms with Crippen molar-refractivity contribution in [1.82, 2.24) is 0 Å². The van der Waals surface area contributed by atoms with Crippen LogP contribution in [0, 0.1) is 20.8 Å². The zero-order valence-corrected chi connectivity index (χ0v) is 10.9. The molecule has 1 aromatic carbocycles. The monoisotopic (exact) mass is 246 g/mol. The number of hydrogen-bond donors (Lipinski definition) is 1.